The number of aliphatic carboxylic acids is 1. The first-order chi connectivity index (χ1) is 15.7. The molecule has 0 unspecified atom stereocenters. The number of fused-ring (bicyclic) bond motifs is 2. The van der Waals surface area contributed by atoms with Crippen molar-refractivity contribution >= 4 is 33.7 Å². The number of amides is 1. The van der Waals surface area contributed by atoms with E-state index in [1.807, 2.05) is 31.2 Å². The molecule has 0 radical (unpaired) electrons. The first-order valence-electron chi connectivity index (χ1n) is 10.5. The van der Waals surface area contributed by atoms with Gasteiger partial charge in [-0.3, -0.25) is 4.79 Å². The fourth-order valence-electron chi connectivity index (χ4n) is 3.76. The Hall–Kier alpha value is -4.07. The third-order valence-electron chi connectivity index (χ3n) is 5.81. The fourth-order valence-corrected chi connectivity index (χ4v) is 3.76. The van der Waals surface area contributed by atoms with Crippen LogP contribution in [0.5, 0.6) is 5.75 Å². The number of hydrogen-bond donors (Lipinski definition) is 2. The zero-order valence-electron chi connectivity index (χ0n) is 18.4. The summed E-state index contributed by atoms with van der Waals surface area (Å²) in [7, 11) is 0. The van der Waals surface area contributed by atoms with Gasteiger partial charge in [-0.1, -0.05) is 18.2 Å². The van der Waals surface area contributed by atoms with Gasteiger partial charge in [-0.05, 0) is 50.1 Å². The number of nitrogens with one attached hydrogen (secondary N) is 2. The molecule has 2 aromatic heterocycles. The van der Waals surface area contributed by atoms with Gasteiger partial charge in [0.05, 0.1) is 12.0 Å². The first-order valence-corrected chi connectivity index (χ1v) is 10.5. The number of carboxylic acid groups (broad SMARTS) is 1. The number of H-pyrrole nitrogens is 1. The van der Waals surface area contributed by atoms with E-state index in [9.17, 15) is 19.5 Å². The van der Waals surface area contributed by atoms with Gasteiger partial charge < -0.3 is 29.4 Å². The molecule has 2 aromatic carbocycles. The minimum Gasteiger partial charge on any atom is -0.548 e. The number of ether oxygens (including phenoxy) is 1. The SMILES string of the molecule is Cc1c(C)c2ccc(O[C@@H](C)C(=O)N[C@@H](Cc3c[nH]c4ccccc34)C(=O)[O-])cc2oc1=O. The van der Waals surface area contributed by atoms with Crippen LogP contribution in [0.2, 0.25) is 0 Å². The third kappa shape index (κ3) is 4.45. The first kappa shape index (κ1) is 22.1. The van der Waals surface area contributed by atoms with Gasteiger partial charge in [0.1, 0.15) is 11.3 Å². The Labute approximate surface area is 189 Å². The van der Waals surface area contributed by atoms with Gasteiger partial charge in [0, 0.05) is 40.5 Å². The summed E-state index contributed by atoms with van der Waals surface area (Å²) < 4.78 is 11.0. The van der Waals surface area contributed by atoms with Crippen molar-refractivity contribution in [3.8, 4) is 5.75 Å². The molecular formula is C25H23N2O6-. The Morgan fingerprint density at radius 2 is 1.88 bits per heavy atom. The molecule has 0 saturated heterocycles. The van der Waals surface area contributed by atoms with E-state index in [2.05, 4.69) is 10.3 Å². The molecule has 170 valence electrons. The van der Waals surface area contributed by atoms with Crippen LogP contribution in [0.3, 0.4) is 0 Å². The van der Waals surface area contributed by atoms with E-state index >= 15 is 0 Å². The highest BCUT2D eigenvalue weighted by Crippen LogP contribution is 2.24. The number of benzene rings is 2. The standard InChI is InChI=1S/C25H24N2O6/c1-13-14(2)25(31)33-22-11-17(8-9-18(13)22)32-15(3)23(28)27-21(24(29)30)10-16-12-26-20-7-5-4-6-19(16)20/h4-9,11-12,15,21,26H,10H2,1-3H3,(H,27,28)(H,29,30)/p-1/t15-,21-/m0/s1. The van der Waals surface area contributed by atoms with Crippen LogP contribution in [0.1, 0.15) is 23.6 Å². The number of carboxylic acids is 1. The quantitative estimate of drug-likeness (QED) is 0.418. The largest absolute Gasteiger partial charge is 0.548 e. The van der Waals surface area contributed by atoms with Crippen LogP contribution >= 0.6 is 0 Å². The predicted octanol–water partition coefficient (Wildman–Crippen LogP) is 2.14. The molecule has 0 fully saturated rings. The second-order valence-corrected chi connectivity index (χ2v) is 8.00. The molecule has 0 spiro atoms. The van der Waals surface area contributed by atoms with Crippen molar-refractivity contribution in [2.75, 3.05) is 0 Å². The van der Waals surface area contributed by atoms with E-state index in [4.69, 9.17) is 9.15 Å². The number of rotatable bonds is 7. The maximum atomic E-state index is 12.7. The molecule has 4 aromatic rings. The van der Waals surface area contributed by atoms with Crippen molar-refractivity contribution in [3.05, 3.63) is 75.8 Å². The number of aromatic nitrogens is 1. The molecule has 0 aliphatic carbocycles. The molecular weight excluding hydrogens is 424 g/mol. The summed E-state index contributed by atoms with van der Waals surface area (Å²) in [6.07, 6.45) is 0.787. The van der Waals surface area contributed by atoms with Crippen molar-refractivity contribution in [1.29, 1.82) is 0 Å². The monoisotopic (exact) mass is 447 g/mol. The molecule has 2 N–H and O–H groups in total. The van der Waals surface area contributed by atoms with Crippen LogP contribution in [0.15, 0.2) is 57.9 Å². The summed E-state index contributed by atoms with van der Waals surface area (Å²) in [5.41, 5.74) is 2.89. The molecule has 33 heavy (non-hydrogen) atoms. The van der Waals surface area contributed by atoms with Crippen molar-refractivity contribution in [3.63, 3.8) is 0 Å². The van der Waals surface area contributed by atoms with Gasteiger partial charge in [0.15, 0.2) is 6.10 Å². The normalized spacial score (nSPS) is 13.1. The molecule has 8 nitrogen and oxygen atoms in total. The van der Waals surface area contributed by atoms with E-state index < -0.39 is 29.6 Å². The molecule has 1 amide bonds. The van der Waals surface area contributed by atoms with Gasteiger partial charge in [-0.25, -0.2) is 4.79 Å². The lowest BCUT2D eigenvalue weighted by Gasteiger charge is -2.22. The van der Waals surface area contributed by atoms with Gasteiger partial charge in [-0.2, -0.15) is 0 Å². The van der Waals surface area contributed by atoms with Crippen LogP contribution in [0.4, 0.5) is 0 Å². The molecule has 2 atom stereocenters. The summed E-state index contributed by atoms with van der Waals surface area (Å²) in [5.74, 6) is -1.68. The highest BCUT2D eigenvalue weighted by atomic mass is 16.5. The van der Waals surface area contributed by atoms with Crippen LogP contribution in [-0.4, -0.2) is 29.0 Å². The van der Waals surface area contributed by atoms with Gasteiger partial charge in [-0.15, -0.1) is 0 Å². The van der Waals surface area contributed by atoms with Gasteiger partial charge in [0.2, 0.25) is 0 Å². The second kappa shape index (κ2) is 8.82. The van der Waals surface area contributed by atoms with E-state index in [0.29, 0.717) is 16.9 Å². The van der Waals surface area contributed by atoms with Crippen molar-refractivity contribution in [1.82, 2.24) is 10.3 Å². The zero-order chi connectivity index (χ0) is 23.7. The van der Waals surface area contributed by atoms with E-state index in [1.54, 1.807) is 25.3 Å². The summed E-state index contributed by atoms with van der Waals surface area (Å²) in [5, 5.41) is 15.8. The van der Waals surface area contributed by atoms with E-state index in [0.717, 1.165) is 27.4 Å². The molecule has 0 aliphatic rings. The Morgan fingerprint density at radius 3 is 2.64 bits per heavy atom. The number of aromatic amines is 1. The molecule has 8 heteroatoms. The van der Waals surface area contributed by atoms with E-state index in [-0.39, 0.29) is 6.42 Å². The summed E-state index contributed by atoms with van der Waals surface area (Å²) in [6, 6.07) is 11.2. The number of carbonyl (C=O) groups is 2. The number of carbonyl (C=O) groups excluding carboxylic acids is 2. The average Bonchev–Trinajstić information content (AvgIpc) is 3.19. The maximum Gasteiger partial charge on any atom is 0.339 e. The van der Waals surface area contributed by atoms with Crippen LogP contribution in [0, 0.1) is 13.8 Å². The Bertz CT molecular complexity index is 1420. The van der Waals surface area contributed by atoms with E-state index in [1.165, 1.54) is 13.0 Å². The minimum absolute atomic E-state index is 0.0601. The van der Waals surface area contributed by atoms with Crippen LogP contribution in [-0.2, 0) is 16.0 Å². The topological polar surface area (TPSA) is 124 Å². The summed E-state index contributed by atoms with van der Waals surface area (Å²) >= 11 is 0. The zero-order valence-corrected chi connectivity index (χ0v) is 18.4. The Balaban J connectivity index is 1.48. The van der Waals surface area contributed by atoms with Crippen molar-refractivity contribution in [2.24, 2.45) is 0 Å². The summed E-state index contributed by atoms with van der Waals surface area (Å²) in [6.45, 7) is 5.04. The van der Waals surface area contributed by atoms with Crippen molar-refractivity contribution in [2.45, 2.75) is 39.3 Å². The maximum absolute atomic E-state index is 12.7. The Morgan fingerprint density at radius 1 is 1.12 bits per heavy atom. The number of aryl methyl sites for hydroxylation is 1. The molecule has 4 rings (SSSR count). The lowest BCUT2D eigenvalue weighted by atomic mass is 10.0. The number of para-hydroxylation sites is 1. The average molecular weight is 447 g/mol. The highest BCUT2D eigenvalue weighted by Gasteiger charge is 2.22. The lowest BCUT2D eigenvalue weighted by molar-refractivity contribution is -0.308. The third-order valence-corrected chi connectivity index (χ3v) is 5.81. The fraction of sp³-hybridized carbons (Fsp3) is 0.240. The van der Waals surface area contributed by atoms with Crippen LogP contribution in [0.25, 0.3) is 21.9 Å². The molecule has 2 heterocycles. The predicted molar refractivity (Wildman–Crippen MR) is 121 cm³/mol. The molecule has 0 aliphatic heterocycles. The van der Waals surface area contributed by atoms with Crippen molar-refractivity contribution < 1.29 is 23.8 Å². The second-order valence-electron chi connectivity index (χ2n) is 8.00. The summed E-state index contributed by atoms with van der Waals surface area (Å²) in [4.78, 5) is 39.4. The Kier molecular flexibility index (Phi) is 5.91. The highest BCUT2D eigenvalue weighted by molar-refractivity contribution is 5.88. The smallest absolute Gasteiger partial charge is 0.339 e. The minimum atomic E-state index is -1.39. The van der Waals surface area contributed by atoms with Gasteiger partial charge >= 0.3 is 5.63 Å². The molecule has 0 saturated carbocycles. The van der Waals surface area contributed by atoms with Gasteiger partial charge in [0.25, 0.3) is 5.91 Å². The number of hydrogen-bond acceptors (Lipinski definition) is 6. The lowest BCUT2D eigenvalue weighted by Crippen LogP contribution is -2.52. The van der Waals surface area contributed by atoms with Crippen LogP contribution < -0.4 is 20.8 Å². The molecule has 0 bridgehead atoms.